The number of hydrogen-bond donors (Lipinski definition) is 0. The number of hydrogen-bond acceptors (Lipinski definition) is 5. The lowest BCUT2D eigenvalue weighted by Gasteiger charge is -2.19. The maximum atomic E-state index is 13.1. The highest BCUT2D eigenvalue weighted by molar-refractivity contribution is 7.62. The summed E-state index contributed by atoms with van der Waals surface area (Å²) in [5, 5.41) is 0.397. The molecule has 0 amide bonds. The van der Waals surface area contributed by atoms with Crippen LogP contribution in [0.4, 0.5) is 0 Å². The first kappa shape index (κ1) is 17.9. The van der Waals surface area contributed by atoms with Gasteiger partial charge in [0.25, 0.3) is 0 Å². The molecule has 0 heterocycles. The number of carbonyl (C=O) groups is 1. The summed E-state index contributed by atoms with van der Waals surface area (Å²) in [5.74, 6) is -0.0738. The van der Waals surface area contributed by atoms with Gasteiger partial charge in [-0.05, 0) is 36.4 Å². The Labute approximate surface area is 151 Å². The van der Waals surface area contributed by atoms with Gasteiger partial charge in [0, 0.05) is 7.11 Å². The van der Waals surface area contributed by atoms with Gasteiger partial charge in [-0.1, -0.05) is 48.5 Å². The Bertz CT molecular complexity index is 925. The van der Waals surface area contributed by atoms with Crippen LogP contribution in [-0.2, 0) is 9.09 Å². The molecular weight excluding hydrogens is 351 g/mol. The molecule has 0 aliphatic heterocycles. The normalized spacial score (nSPS) is 12.8. The Morgan fingerprint density at radius 2 is 1.38 bits per heavy atom. The van der Waals surface area contributed by atoms with Gasteiger partial charge in [0.15, 0.2) is 0 Å². The highest BCUT2D eigenvalue weighted by Gasteiger charge is 2.29. The van der Waals surface area contributed by atoms with E-state index in [4.69, 9.17) is 13.8 Å². The topological polar surface area (TPSA) is 61.8 Å². The summed E-state index contributed by atoms with van der Waals surface area (Å²) in [6.45, 7) is 0. The first-order chi connectivity index (χ1) is 12.6. The van der Waals surface area contributed by atoms with Crippen LogP contribution in [0.5, 0.6) is 11.5 Å². The number of carbonyl (C=O) groups excluding carboxylic acids is 1. The van der Waals surface area contributed by atoms with Gasteiger partial charge < -0.3 is 9.26 Å². The van der Waals surface area contributed by atoms with Crippen molar-refractivity contribution in [2.24, 2.45) is 0 Å². The van der Waals surface area contributed by atoms with Crippen molar-refractivity contribution in [2.75, 3.05) is 7.11 Å². The third-order valence-electron chi connectivity index (χ3n) is 3.59. The fraction of sp³-hybridized carbons (Fsp3) is 0.0500. The molecule has 0 aliphatic rings. The van der Waals surface area contributed by atoms with Gasteiger partial charge in [0.2, 0.25) is 0 Å². The zero-order valence-electron chi connectivity index (χ0n) is 14.1. The molecule has 0 saturated carbocycles. The second kappa shape index (κ2) is 8.00. The lowest BCUT2D eigenvalue weighted by Crippen LogP contribution is -2.14. The van der Waals surface area contributed by atoms with E-state index >= 15 is 0 Å². The molecule has 1 atom stereocenters. The van der Waals surface area contributed by atoms with E-state index in [9.17, 15) is 9.36 Å². The molecule has 0 N–H and O–H groups in total. The lowest BCUT2D eigenvalue weighted by atomic mass is 10.2. The third kappa shape index (κ3) is 4.02. The zero-order valence-corrected chi connectivity index (χ0v) is 15.0. The van der Waals surface area contributed by atoms with Crippen molar-refractivity contribution in [3.63, 3.8) is 0 Å². The van der Waals surface area contributed by atoms with Gasteiger partial charge in [-0.25, -0.2) is 9.36 Å². The predicted molar refractivity (Wildman–Crippen MR) is 99.2 cm³/mol. The maximum Gasteiger partial charge on any atom is 0.410 e. The van der Waals surface area contributed by atoms with Crippen LogP contribution in [0.2, 0.25) is 0 Å². The average Bonchev–Trinajstić information content (AvgIpc) is 2.69. The van der Waals surface area contributed by atoms with E-state index in [2.05, 4.69) is 0 Å². The molecule has 0 aliphatic carbocycles. The zero-order chi connectivity index (χ0) is 18.4. The SMILES string of the molecule is CO[P@](=O)(Oc1ccccc1C(=O)Oc1ccccc1)c1ccccc1. The summed E-state index contributed by atoms with van der Waals surface area (Å²) in [6, 6.07) is 23.7. The molecule has 0 aromatic heterocycles. The minimum atomic E-state index is -3.63. The van der Waals surface area contributed by atoms with Crippen molar-refractivity contribution in [3.05, 3.63) is 90.5 Å². The summed E-state index contributed by atoms with van der Waals surface area (Å²) in [7, 11) is -2.33. The summed E-state index contributed by atoms with van der Waals surface area (Å²) in [4.78, 5) is 12.5. The number of ether oxygens (including phenoxy) is 1. The first-order valence-corrected chi connectivity index (χ1v) is 9.44. The average molecular weight is 368 g/mol. The molecule has 6 heteroatoms. The van der Waals surface area contributed by atoms with Crippen molar-refractivity contribution in [1.29, 1.82) is 0 Å². The fourth-order valence-electron chi connectivity index (χ4n) is 2.30. The van der Waals surface area contributed by atoms with Gasteiger partial charge in [-0.2, -0.15) is 0 Å². The van der Waals surface area contributed by atoms with Gasteiger partial charge in [-0.3, -0.25) is 4.52 Å². The number of rotatable bonds is 6. The number of para-hydroxylation sites is 2. The Hall–Kier alpha value is -2.88. The van der Waals surface area contributed by atoms with Crippen molar-refractivity contribution < 1.29 is 23.1 Å². The van der Waals surface area contributed by atoms with Gasteiger partial charge in [-0.15, -0.1) is 0 Å². The van der Waals surface area contributed by atoms with E-state index in [0.717, 1.165) is 0 Å². The van der Waals surface area contributed by atoms with Crippen molar-refractivity contribution in [1.82, 2.24) is 0 Å². The monoisotopic (exact) mass is 368 g/mol. The molecule has 0 spiro atoms. The molecule has 0 saturated heterocycles. The van der Waals surface area contributed by atoms with E-state index < -0.39 is 13.6 Å². The smallest absolute Gasteiger partial charge is 0.410 e. The van der Waals surface area contributed by atoms with E-state index in [1.165, 1.54) is 7.11 Å². The molecule has 26 heavy (non-hydrogen) atoms. The summed E-state index contributed by atoms with van der Waals surface area (Å²) >= 11 is 0. The lowest BCUT2D eigenvalue weighted by molar-refractivity contribution is 0.0733. The van der Waals surface area contributed by atoms with Gasteiger partial charge >= 0.3 is 13.6 Å². The van der Waals surface area contributed by atoms with Crippen LogP contribution in [0.1, 0.15) is 10.4 Å². The summed E-state index contributed by atoms with van der Waals surface area (Å²) in [6.07, 6.45) is 0. The molecule has 3 aromatic rings. The van der Waals surface area contributed by atoms with E-state index in [1.807, 2.05) is 6.07 Å². The van der Waals surface area contributed by atoms with E-state index in [-0.39, 0.29) is 11.3 Å². The second-order valence-corrected chi connectivity index (χ2v) is 7.36. The van der Waals surface area contributed by atoms with Crippen LogP contribution < -0.4 is 14.6 Å². The van der Waals surface area contributed by atoms with Crippen LogP contribution in [0, 0.1) is 0 Å². The Morgan fingerprint density at radius 3 is 2.04 bits per heavy atom. The van der Waals surface area contributed by atoms with Gasteiger partial charge in [0.05, 0.1) is 5.30 Å². The Morgan fingerprint density at radius 1 is 0.808 bits per heavy atom. The predicted octanol–water partition coefficient (Wildman–Crippen LogP) is 4.45. The van der Waals surface area contributed by atoms with E-state index in [0.29, 0.717) is 11.1 Å². The molecule has 0 bridgehead atoms. The molecule has 3 rings (SSSR count). The second-order valence-electron chi connectivity index (χ2n) is 5.31. The van der Waals surface area contributed by atoms with Crippen molar-refractivity contribution in [2.45, 2.75) is 0 Å². The molecule has 0 radical (unpaired) electrons. The van der Waals surface area contributed by atoms with Crippen LogP contribution in [0.15, 0.2) is 84.9 Å². The van der Waals surface area contributed by atoms with E-state index in [1.54, 1.807) is 78.9 Å². The molecule has 5 nitrogen and oxygen atoms in total. The highest BCUT2D eigenvalue weighted by Crippen LogP contribution is 2.47. The minimum absolute atomic E-state index is 0.127. The van der Waals surface area contributed by atoms with Gasteiger partial charge in [0.1, 0.15) is 17.1 Å². The number of benzene rings is 3. The number of esters is 1. The third-order valence-corrected chi connectivity index (χ3v) is 5.44. The molecular formula is C20H17O5P. The van der Waals surface area contributed by atoms with Crippen LogP contribution in [0.25, 0.3) is 0 Å². The van der Waals surface area contributed by atoms with Crippen molar-refractivity contribution >= 4 is 18.9 Å². The van der Waals surface area contributed by atoms with Crippen LogP contribution in [-0.4, -0.2) is 13.1 Å². The largest absolute Gasteiger partial charge is 0.423 e. The Balaban J connectivity index is 1.89. The quantitative estimate of drug-likeness (QED) is 0.365. The van der Waals surface area contributed by atoms with Crippen LogP contribution >= 0.6 is 7.60 Å². The fourth-order valence-corrected chi connectivity index (χ4v) is 3.65. The summed E-state index contributed by atoms with van der Waals surface area (Å²) in [5.41, 5.74) is 0.157. The summed E-state index contributed by atoms with van der Waals surface area (Å²) < 4.78 is 29.3. The molecule has 0 fully saturated rings. The molecule has 3 aromatic carbocycles. The van der Waals surface area contributed by atoms with Crippen molar-refractivity contribution in [3.8, 4) is 11.5 Å². The highest BCUT2D eigenvalue weighted by atomic mass is 31.2. The Kier molecular flexibility index (Phi) is 5.52. The maximum absolute atomic E-state index is 13.1. The standard InChI is InChI=1S/C20H17O5P/c1-23-26(22,17-12-6-3-7-13-17)25-19-15-9-8-14-18(19)20(21)24-16-10-4-2-5-11-16/h2-15H,1H3/t26-/m0/s1. The molecule has 132 valence electrons. The first-order valence-electron chi connectivity index (χ1n) is 7.89. The molecule has 0 unspecified atom stereocenters. The van der Waals surface area contributed by atoms with Crippen LogP contribution in [0.3, 0.4) is 0 Å². The minimum Gasteiger partial charge on any atom is -0.423 e.